The van der Waals surface area contributed by atoms with Gasteiger partial charge in [-0.2, -0.15) is 12.7 Å². The van der Waals surface area contributed by atoms with E-state index in [2.05, 4.69) is 4.72 Å². The Hall–Kier alpha value is -0.390. The van der Waals surface area contributed by atoms with Crippen LogP contribution in [0.15, 0.2) is 12.2 Å². The Bertz CT molecular complexity index is 279. The Kier molecular flexibility index (Phi) is 4.57. The fourth-order valence-electron chi connectivity index (χ4n) is 1.46. The van der Waals surface area contributed by atoms with Gasteiger partial charge in [-0.25, -0.2) is 4.72 Å². The highest BCUT2D eigenvalue weighted by molar-refractivity contribution is 7.87. The molecular formula is C9H18N2O2S. The fraction of sp³-hybridized carbons (Fsp3) is 0.778. The van der Waals surface area contributed by atoms with Crippen molar-refractivity contribution in [2.24, 2.45) is 0 Å². The smallest absolute Gasteiger partial charge is 0.202 e. The van der Waals surface area contributed by atoms with Crippen LogP contribution in [0.3, 0.4) is 0 Å². The molecule has 0 spiro atoms. The van der Waals surface area contributed by atoms with Crippen LogP contribution in [0, 0.1) is 0 Å². The highest BCUT2D eigenvalue weighted by Gasteiger charge is 2.23. The van der Waals surface area contributed by atoms with E-state index in [1.807, 2.05) is 19.1 Å². The molecule has 0 aromatic carbocycles. The van der Waals surface area contributed by atoms with Gasteiger partial charge >= 0.3 is 0 Å². The van der Waals surface area contributed by atoms with Crippen molar-refractivity contribution in [1.82, 2.24) is 9.03 Å². The summed E-state index contributed by atoms with van der Waals surface area (Å²) in [6.45, 7) is 3.75. The second-order valence-corrected chi connectivity index (χ2v) is 5.12. The maximum Gasteiger partial charge on any atom is 0.279 e. The molecule has 1 heterocycles. The van der Waals surface area contributed by atoms with E-state index in [-0.39, 0.29) is 0 Å². The molecule has 0 aromatic rings. The Morgan fingerprint density at radius 1 is 1.36 bits per heavy atom. The maximum absolute atomic E-state index is 11.6. The molecule has 1 rings (SSSR count). The summed E-state index contributed by atoms with van der Waals surface area (Å²) in [5.41, 5.74) is 0. The van der Waals surface area contributed by atoms with Crippen LogP contribution in [-0.2, 0) is 10.2 Å². The van der Waals surface area contributed by atoms with Crippen LogP contribution in [0.25, 0.3) is 0 Å². The summed E-state index contributed by atoms with van der Waals surface area (Å²) in [5.74, 6) is 0. The molecule has 0 bridgehead atoms. The average Bonchev–Trinajstić information content (AvgIpc) is 2.65. The Morgan fingerprint density at radius 2 is 2.00 bits per heavy atom. The van der Waals surface area contributed by atoms with Crippen molar-refractivity contribution >= 4 is 10.2 Å². The molecular weight excluding hydrogens is 200 g/mol. The molecule has 4 nitrogen and oxygen atoms in total. The molecule has 1 aliphatic rings. The number of rotatable bonds is 5. The van der Waals surface area contributed by atoms with Crippen molar-refractivity contribution in [3.8, 4) is 0 Å². The zero-order valence-corrected chi connectivity index (χ0v) is 9.39. The Labute approximate surface area is 86.2 Å². The molecule has 1 fully saturated rings. The SMILES string of the molecule is C/C=C/CCNS(=O)(=O)N1CCCC1. The van der Waals surface area contributed by atoms with Gasteiger partial charge in [0.05, 0.1) is 0 Å². The van der Waals surface area contributed by atoms with Gasteiger partial charge in [0, 0.05) is 19.6 Å². The largest absolute Gasteiger partial charge is 0.279 e. The lowest BCUT2D eigenvalue weighted by atomic mass is 10.4. The third-order valence-corrected chi connectivity index (χ3v) is 3.85. The number of nitrogens with zero attached hydrogens (tertiary/aromatic N) is 1. The van der Waals surface area contributed by atoms with E-state index < -0.39 is 10.2 Å². The predicted molar refractivity (Wildman–Crippen MR) is 57.2 cm³/mol. The van der Waals surface area contributed by atoms with Crippen molar-refractivity contribution in [2.45, 2.75) is 26.2 Å². The van der Waals surface area contributed by atoms with Gasteiger partial charge in [0.15, 0.2) is 0 Å². The van der Waals surface area contributed by atoms with E-state index in [1.165, 1.54) is 4.31 Å². The highest BCUT2D eigenvalue weighted by Crippen LogP contribution is 2.10. The van der Waals surface area contributed by atoms with Crippen LogP contribution in [-0.4, -0.2) is 32.4 Å². The van der Waals surface area contributed by atoms with Gasteiger partial charge < -0.3 is 0 Å². The van der Waals surface area contributed by atoms with E-state index >= 15 is 0 Å². The first-order valence-corrected chi connectivity index (χ1v) is 6.47. The van der Waals surface area contributed by atoms with Gasteiger partial charge in [0.2, 0.25) is 0 Å². The summed E-state index contributed by atoms with van der Waals surface area (Å²) in [4.78, 5) is 0. The quantitative estimate of drug-likeness (QED) is 0.550. The van der Waals surface area contributed by atoms with Crippen LogP contribution in [0.2, 0.25) is 0 Å². The van der Waals surface area contributed by atoms with Gasteiger partial charge in [0.25, 0.3) is 10.2 Å². The topological polar surface area (TPSA) is 49.4 Å². The summed E-state index contributed by atoms with van der Waals surface area (Å²) in [6, 6.07) is 0. The van der Waals surface area contributed by atoms with Crippen molar-refractivity contribution in [2.75, 3.05) is 19.6 Å². The van der Waals surface area contributed by atoms with E-state index in [0.29, 0.717) is 19.6 Å². The highest BCUT2D eigenvalue weighted by atomic mass is 32.2. The van der Waals surface area contributed by atoms with Crippen molar-refractivity contribution in [3.05, 3.63) is 12.2 Å². The van der Waals surface area contributed by atoms with Crippen LogP contribution < -0.4 is 4.72 Å². The minimum Gasteiger partial charge on any atom is -0.202 e. The monoisotopic (exact) mass is 218 g/mol. The first-order valence-electron chi connectivity index (χ1n) is 5.02. The predicted octanol–water partition coefficient (Wildman–Crippen LogP) is 0.883. The first-order chi connectivity index (χ1) is 6.67. The molecule has 1 saturated heterocycles. The van der Waals surface area contributed by atoms with Crippen molar-refractivity contribution in [3.63, 3.8) is 0 Å². The zero-order valence-electron chi connectivity index (χ0n) is 8.57. The van der Waals surface area contributed by atoms with E-state index in [0.717, 1.165) is 19.3 Å². The minimum atomic E-state index is -3.19. The van der Waals surface area contributed by atoms with Gasteiger partial charge in [-0.05, 0) is 26.2 Å². The molecule has 0 radical (unpaired) electrons. The van der Waals surface area contributed by atoms with Crippen LogP contribution >= 0.6 is 0 Å². The molecule has 14 heavy (non-hydrogen) atoms. The molecule has 0 aromatic heterocycles. The van der Waals surface area contributed by atoms with Gasteiger partial charge in [-0.15, -0.1) is 0 Å². The van der Waals surface area contributed by atoms with Crippen molar-refractivity contribution < 1.29 is 8.42 Å². The van der Waals surface area contributed by atoms with Gasteiger partial charge in [0.1, 0.15) is 0 Å². The number of nitrogens with one attached hydrogen (secondary N) is 1. The Balaban J connectivity index is 2.33. The third-order valence-electron chi connectivity index (χ3n) is 2.24. The molecule has 1 N–H and O–H groups in total. The molecule has 5 heteroatoms. The molecule has 0 aliphatic carbocycles. The lowest BCUT2D eigenvalue weighted by Crippen LogP contribution is -2.39. The summed E-state index contributed by atoms with van der Waals surface area (Å²) >= 11 is 0. The normalized spacial score (nSPS) is 19.5. The molecule has 1 aliphatic heterocycles. The third kappa shape index (κ3) is 3.40. The number of allylic oxidation sites excluding steroid dienone is 1. The van der Waals surface area contributed by atoms with Crippen LogP contribution in [0.5, 0.6) is 0 Å². The lowest BCUT2D eigenvalue weighted by molar-refractivity contribution is 0.465. The fourth-order valence-corrected chi connectivity index (χ4v) is 2.75. The maximum atomic E-state index is 11.6. The molecule has 0 atom stereocenters. The van der Waals surface area contributed by atoms with Crippen LogP contribution in [0.4, 0.5) is 0 Å². The first kappa shape index (κ1) is 11.7. The molecule has 82 valence electrons. The van der Waals surface area contributed by atoms with E-state index in [4.69, 9.17) is 0 Å². The second kappa shape index (κ2) is 5.48. The Morgan fingerprint density at radius 3 is 2.57 bits per heavy atom. The number of hydrogen-bond acceptors (Lipinski definition) is 2. The van der Waals surface area contributed by atoms with E-state index in [1.54, 1.807) is 0 Å². The van der Waals surface area contributed by atoms with Gasteiger partial charge in [-0.1, -0.05) is 12.2 Å². The minimum absolute atomic E-state index is 0.489. The summed E-state index contributed by atoms with van der Waals surface area (Å²) in [5, 5.41) is 0. The summed E-state index contributed by atoms with van der Waals surface area (Å²) in [6.07, 6.45) is 6.59. The second-order valence-electron chi connectivity index (χ2n) is 3.36. The summed E-state index contributed by atoms with van der Waals surface area (Å²) in [7, 11) is -3.19. The summed E-state index contributed by atoms with van der Waals surface area (Å²) < 4.78 is 27.3. The van der Waals surface area contributed by atoms with Crippen LogP contribution in [0.1, 0.15) is 26.2 Å². The lowest BCUT2D eigenvalue weighted by Gasteiger charge is -2.15. The molecule has 0 saturated carbocycles. The molecule has 0 amide bonds. The number of hydrogen-bond donors (Lipinski definition) is 1. The zero-order chi connectivity index (χ0) is 10.4. The van der Waals surface area contributed by atoms with E-state index in [9.17, 15) is 8.42 Å². The standard InChI is InChI=1S/C9H18N2O2S/c1-2-3-4-7-10-14(12,13)11-8-5-6-9-11/h2-3,10H,4-9H2,1H3/b3-2+. The molecule has 0 unspecified atom stereocenters. The average molecular weight is 218 g/mol. The van der Waals surface area contributed by atoms with Crippen molar-refractivity contribution in [1.29, 1.82) is 0 Å². The van der Waals surface area contributed by atoms with Gasteiger partial charge in [-0.3, -0.25) is 0 Å².